The Balaban J connectivity index is 2.01. The molecule has 4 aliphatic rings. The lowest BCUT2D eigenvalue weighted by atomic mass is 9.59. The molecule has 0 aromatic rings. The topological polar surface area (TPSA) is 52.6 Å². The largest absolute Gasteiger partial charge is 0.392 e. The first-order valence-electron chi connectivity index (χ1n) is 5.22. The van der Waals surface area contributed by atoms with Gasteiger partial charge in [-0.1, -0.05) is 0 Å². The van der Waals surface area contributed by atoms with Gasteiger partial charge in [0.15, 0.2) is 0 Å². The number of hydrogen-bond donors (Lipinski definition) is 0. The van der Waals surface area contributed by atoms with Crippen molar-refractivity contribution in [3.63, 3.8) is 0 Å². The molecular weight excluding hydrogens is 216 g/mol. The number of carbonyl (C=O) groups excluding carboxylic acids is 2. The summed E-state index contributed by atoms with van der Waals surface area (Å²) in [5.74, 6) is 0.728. The van der Waals surface area contributed by atoms with E-state index in [2.05, 4.69) is 0 Å². The molecule has 4 nitrogen and oxygen atoms in total. The van der Waals surface area contributed by atoms with E-state index in [1.54, 1.807) is 11.8 Å². The van der Waals surface area contributed by atoms with E-state index in [9.17, 15) is 9.59 Å². The van der Waals surface area contributed by atoms with Crippen LogP contribution in [0.25, 0.3) is 0 Å². The van der Waals surface area contributed by atoms with Crippen LogP contribution in [0.1, 0.15) is 12.8 Å². The minimum Gasteiger partial charge on any atom is -0.392 e. The SMILES string of the molecule is O=C1OC(=O)[C@@]23CSC[C@@]12[C@@H]1CC[C@H]3O1. The molecular formula is C10H10O4S. The van der Waals surface area contributed by atoms with Gasteiger partial charge < -0.3 is 9.47 Å². The normalized spacial score (nSPS) is 55.7. The molecule has 2 bridgehead atoms. The predicted octanol–water partition coefficient (Wildman–Crippen LogP) is 0.351. The van der Waals surface area contributed by atoms with Crippen LogP contribution in [-0.4, -0.2) is 35.7 Å². The molecule has 0 aromatic carbocycles. The second kappa shape index (κ2) is 2.25. The first kappa shape index (κ1) is 8.58. The number of hydrogen-bond acceptors (Lipinski definition) is 5. The summed E-state index contributed by atoms with van der Waals surface area (Å²) in [5.41, 5.74) is -1.25. The number of fused-ring (bicyclic) bond motifs is 2. The summed E-state index contributed by atoms with van der Waals surface area (Å²) in [4.78, 5) is 23.8. The van der Waals surface area contributed by atoms with Crippen molar-refractivity contribution >= 4 is 23.7 Å². The van der Waals surface area contributed by atoms with Crippen LogP contribution in [0.3, 0.4) is 0 Å². The molecule has 4 atom stereocenters. The Labute approximate surface area is 90.7 Å². The van der Waals surface area contributed by atoms with Crippen LogP contribution in [0.15, 0.2) is 0 Å². The zero-order chi connectivity index (χ0) is 10.3. The van der Waals surface area contributed by atoms with Gasteiger partial charge in [-0.2, -0.15) is 11.8 Å². The Bertz CT molecular complexity index is 361. The van der Waals surface area contributed by atoms with Crippen LogP contribution in [0.4, 0.5) is 0 Å². The molecule has 15 heavy (non-hydrogen) atoms. The van der Waals surface area contributed by atoms with Gasteiger partial charge in [-0.05, 0) is 12.8 Å². The smallest absolute Gasteiger partial charge is 0.324 e. The standard InChI is InChI=1S/C10H10O4S/c11-7-9-3-15-4-10(9,8(12)14-7)6-2-1-5(9)13-6/h5-6H,1-4H2/t5-,6+,9+,10-. The highest BCUT2D eigenvalue weighted by atomic mass is 32.2. The summed E-state index contributed by atoms with van der Waals surface area (Å²) in [6.45, 7) is 0. The van der Waals surface area contributed by atoms with Gasteiger partial charge in [0.05, 0.1) is 12.2 Å². The average molecular weight is 226 g/mol. The molecule has 4 heterocycles. The molecule has 4 rings (SSSR count). The molecule has 0 amide bonds. The molecule has 80 valence electrons. The van der Waals surface area contributed by atoms with Crippen molar-refractivity contribution in [3.8, 4) is 0 Å². The summed E-state index contributed by atoms with van der Waals surface area (Å²) < 4.78 is 10.7. The third-order valence-corrected chi connectivity index (χ3v) is 5.81. The number of ether oxygens (including phenoxy) is 2. The van der Waals surface area contributed by atoms with Crippen LogP contribution in [0, 0.1) is 10.8 Å². The highest BCUT2D eigenvalue weighted by molar-refractivity contribution is 7.99. The molecule has 0 radical (unpaired) electrons. The summed E-state index contributed by atoms with van der Waals surface area (Å²) in [6.07, 6.45) is 1.65. The molecule has 4 fully saturated rings. The molecule has 0 aliphatic carbocycles. The molecule has 4 aliphatic heterocycles. The van der Waals surface area contributed by atoms with Gasteiger partial charge >= 0.3 is 11.9 Å². The fraction of sp³-hybridized carbons (Fsp3) is 0.800. The molecule has 0 N–H and O–H groups in total. The Hall–Kier alpha value is -0.550. The van der Waals surface area contributed by atoms with Crippen molar-refractivity contribution in [3.05, 3.63) is 0 Å². The quantitative estimate of drug-likeness (QED) is 0.440. The molecule has 0 spiro atoms. The van der Waals surface area contributed by atoms with Crippen LogP contribution < -0.4 is 0 Å². The lowest BCUT2D eigenvalue weighted by Crippen LogP contribution is -2.51. The number of cyclic esters (lactones) is 2. The third kappa shape index (κ3) is 0.617. The summed E-state index contributed by atoms with van der Waals surface area (Å²) >= 11 is 1.69. The maximum atomic E-state index is 11.9. The zero-order valence-electron chi connectivity index (χ0n) is 8.02. The van der Waals surface area contributed by atoms with Crippen LogP contribution >= 0.6 is 11.8 Å². The van der Waals surface area contributed by atoms with Crippen molar-refractivity contribution in [1.82, 2.24) is 0 Å². The van der Waals surface area contributed by atoms with Gasteiger partial charge in [-0.3, -0.25) is 9.59 Å². The Morgan fingerprint density at radius 2 is 1.60 bits per heavy atom. The maximum absolute atomic E-state index is 11.9. The first-order chi connectivity index (χ1) is 7.22. The molecule has 0 saturated carbocycles. The van der Waals surface area contributed by atoms with Crippen LogP contribution in [0.5, 0.6) is 0 Å². The maximum Gasteiger partial charge on any atom is 0.324 e. The summed E-state index contributed by atoms with van der Waals surface area (Å²) in [5, 5.41) is 0. The molecule has 4 saturated heterocycles. The van der Waals surface area contributed by atoms with Gasteiger partial charge in [0.2, 0.25) is 0 Å². The second-order valence-electron chi connectivity index (χ2n) is 4.80. The lowest BCUT2D eigenvalue weighted by molar-refractivity contribution is -0.159. The number of esters is 2. The van der Waals surface area contributed by atoms with Crippen molar-refractivity contribution in [2.24, 2.45) is 10.8 Å². The molecule has 0 aromatic heterocycles. The summed E-state index contributed by atoms with van der Waals surface area (Å²) in [6, 6.07) is 0. The number of thioether (sulfide) groups is 1. The van der Waals surface area contributed by atoms with Gasteiger partial charge in [-0.15, -0.1) is 0 Å². The van der Waals surface area contributed by atoms with E-state index in [0.717, 1.165) is 12.8 Å². The fourth-order valence-corrected chi connectivity index (χ4v) is 5.63. The van der Waals surface area contributed by atoms with Gasteiger partial charge in [0.25, 0.3) is 0 Å². The van der Waals surface area contributed by atoms with Gasteiger partial charge in [0.1, 0.15) is 10.8 Å². The monoisotopic (exact) mass is 226 g/mol. The highest BCUT2D eigenvalue weighted by Gasteiger charge is 2.82. The van der Waals surface area contributed by atoms with E-state index in [1.165, 1.54) is 0 Å². The average Bonchev–Trinajstić information content (AvgIpc) is 2.89. The Kier molecular flexibility index (Phi) is 1.29. The summed E-state index contributed by atoms with van der Waals surface area (Å²) in [7, 11) is 0. The van der Waals surface area contributed by atoms with Crippen molar-refractivity contribution < 1.29 is 19.1 Å². The molecule has 0 unspecified atom stereocenters. The van der Waals surface area contributed by atoms with E-state index >= 15 is 0 Å². The van der Waals surface area contributed by atoms with E-state index in [0.29, 0.717) is 11.5 Å². The Morgan fingerprint density at radius 1 is 1.07 bits per heavy atom. The zero-order valence-corrected chi connectivity index (χ0v) is 8.84. The third-order valence-electron chi connectivity index (χ3n) is 4.49. The van der Waals surface area contributed by atoms with E-state index < -0.39 is 10.8 Å². The van der Waals surface area contributed by atoms with Crippen LogP contribution in [0.2, 0.25) is 0 Å². The van der Waals surface area contributed by atoms with E-state index in [1.807, 2.05) is 0 Å². The van der Waals surface area contributed by atoms with Gasteiger partial charge in [-0.25, -0.2) is 0 Å². The Morgan fingerprint density at radius 3 is 2.13 bits per heavy atom. The van der Waals surface area contributed by atoms with Crippen LogP contribution in [-0.2, 0) is 19.1 Å². The highest BCUT2D eigenvalue weighted by Crippen LogP contribution is 2.69. The second-order valence-corrected chi connectivity index (χ2v) is 5.79. The minimum absolute atomic E-state index is 0.0727. The first-order valence-corrected chi connectivity index (χ1v) is 6.37. The molecule has 5 heteroatoms. The fourth-order valence-electron chi connectivity index (χ4n) is 3.76. The number of carbonyl (C=O) groups is 2. The predicted molar refractivity (Wildman–Crippen MR) is 51.2 cm³/mol. The van der Waals surface area contributed by atoms with Crippen molar-refractivity contribution in [1.29, 1.82) is 0 Å². The van der Waals surface area contributed by atoms with Gasteiger partial charge in [0, 0.05) is 11.5 Å². The number of rotatable bonds is 0. The van der Waals surface area contributed by atoms with E-state index in [-0.39, 0.29) is 24.1 Å². The van der Waals surface area contributed by atoms with Crippen molar-refractivity contribution in [2.75, 3.05) is 11.5 Å². The lowest BCUT2D eigenvalue weighted by Gasteiger charge is -2.33. The van der Waals surface area contributed by atoms with E-state index in [4.69, 9.17) is 9.47 Å². The minimum atomic E-state index is -0.627. The van der Waals surface area contributed by atoms with Crippen molar-refractivity contribution in [2.45, 2.75) is 25.0 Å².